The zero-order chi connectivity index (χ0) is 29.4. The Morgan fingerprint density at radius 1 is 1.05 bits per heavy atom. The number of anilines is 1. The number of nitrogens with zero attached hydrogens (tertiary/aromatic N) is 1. The summed E-state index contributed by atoms with van der Waals surface area (Å²) in [5.74, 6) is -3.23. The van der Waals surface area contributed by atoms with E-state index >= 15 is 4.39 Å². The number of hydrogen-bond acceptors (Lipinski definition) is 4. The largest absolute Gasteiger partial charge is 0.323 e. The minimum absolute atomic E-state index is 0.0883. The van der Waals surface area contributed by atoms with Crippen molar-refractivity contribution in [2.24, 2.45) is 7.05 Å². The summed E-state index contributed by atoms with van der Waals surface area (Å²) in [5.41, 5.74) is 0.249. The number of benzene rings is 3. The van der Waals surface area contributed by atoms with E-state index in [1.807, 2.05) is 0 Å². The number of rotatable bonds is 6. The van der Waals surface area contributed by atoms with E-state index in [4.69, 9.17) is 23.2 Å². The Morgan fingerprint density at radius 2 is 1.73 bits per heavy atom. The molecule has 0 saturated heterocycles. The highest BCUT2D eigenvalue weighted by molar-refractivity contribution is 9.10. The van der Waals surface area contributed by atoms with Crippen molar-refractivity contribution in [3.05, 3.63) is 127 Å². The fourth-order valence-corrected chi connectivity index (χ4v) is 4.94. The van der Waals surface area contributed by atoms with Crippen molar-refractivity contribution in [3.63, 3.8) is 0 Å². The molecule has 1 heterocycles. The van der Waals surface area contributed by atoms with Crippen molar-refractivity contribution in [3.8, 4) is 0 Å². The third-order valence-corrected chi connectivity index (χ3v) is 7.19. The predicted molar refractivity (Wildman–Crippen MR) is 157 cm³/mol. The van der Waals surface area contributed by atoms with Crippen LogP contribution in [0.15, 0.2) is 82.4 Å². The number of hydrogen-bond donors (Lipinski definition) is 2. The highest BCUT2D eigenvalue weighted by atomic mass is 79.9. The van der Waals surface area contributed by atoms with E-state index in [1.165, 1.54) is 35.1 Å². The van der Waals surface area contributed by atoms with Gasteiger partial charge in [0.05, 0.1) is 26.9 Å². The molecule has 0 spiro atoms. The van der Waals surface area contributed by atoms with Gasteiger partial charge in [-0.15, -0.1) is 0 Å². The first-order chi connectivity index (χ1) is 19.0. The van der Waals surface area contributed by atoms with Gasteiger partial charge in [0, 0.05) is 34.4 Å². The van der Waals surface area contributed by atoms with Crippen LogP contribution in [0.2, 0.25) is 10.0 Å². The normalized spacial score (nSPS) is 10.3. The summed E-state index contributed by atoms with van der Waals surface area (Å²) in [7, 11) is 1.66. The average Bonchev–Trinajstić information content (AvgIpc) is 2.90. The summed E-state index contributed by atoms with van der Waals surface area (Å²) >= 11 is 15.5. The molecule has 0 aliphatic heterocycles. The number of halogens is 6. The monoisotopic (exact) mass is 669 g/mol. The molecule has 4 aromatic rings. The van der Waals surface area contributed by atoms with Crippen molar-refractivity contribution in [2.75, 3.05) is 4.72 Å². The Hall–Kier alpha value is -3.18. The smallest absolute Gasteiger partial charge is 0.200 e. The number of aromatic amines is 1. The number of nitrogens with one attached hydrogen (secondary N) is 2. The summed E-state index contributed by atoms with van der Waals surface area (Å²) in [6.07, 6.45) is 3.77. The Morgan fingerprint density at radius 3 is 2.35 bits per heavy atom. The van der Waals surface area contributed by atoms with Gasteiger partial charge in [-0.05, 0) is 88.9 Å². The third kappa shape index (κ3) is 8.17. The second-order valence-corrected chi connectivity index (χ2v) is 10.8. The van der Waals surface area contributed by atoms with Gasteiger partial charge in [-0.1, -0.05) is 35.3 Å². The van der Waals surface area contributed by atoms with Crippen molar-refractivity contribution in [1.82, 2.24) is 9.78 Å². The molecule has 0 radical (unpaired) electrons. The van der Waals surface area contributed by atoms with E-state index in [9.17, 15) is 18.4 Å². The highest BCUT2D eigenvalue weighted by Crippen LogP contribution is 2.29. The first-order valence-electron chi connectivity index (χ1n) is 11.4. The van der Waals surface area contributed by atoms with E-state index in [-0.39, 0.29) is 11.3 Å². The van der Waals surface area contributed by atoms with Crippen LogP contribution in [0.3, 0.4) is 0 Å². The third-order valence-electron chi connectivity index (χ3n) is 5.26. The van der Waals surface area contributed by atoms with Crippen molar-refractivity contribution >= 4 is 68.8 Å². The number of aryl methyl sites for hydroxylation is 2. The lowest BCUT2D eigenvalue weighted by Crippen LogP contribution is -2.12. The molecule has 5 nitrogen and oxygen atoms in total. The van der Waals surface area contributed by atoms with Crippen molar-refractivity contribution < 1.29 is 22.8 Å². The van der Waals surface area contributed by atoms with Crippen LogP contribution in [0, 0.1) is 24.4 Å². The van der Waals surface area contributed by atoms with Crippen LogP contribution in [-0.4, -0.2) is 21.8 Å². The second-order valence-electron chi connectivity index (χ2n) is 8.17. The number of H-pyrrole nitrogens is 1. The van der Waals surface area contributed by atoms with Crippen molar-refractivity contribution in [2.45, 2.75) is 11.8 Å². The molecule has 0 atom stereocenters. The quantitative estimate of drug-likeness (QED) is 0.122. The van der Waals surface area contributed by atoms with Crippen LogP contribution >= 0.6 is 51.1 Å². The van der Waals surface area contributed by atoms with Gasteiger partial charge in [0.1, 0.15) is 11.6 Å². The van der Waals surface area contributed by atoms with Gasteiger partial charge in [0.15, 0.2) is 12.1 Å². The summed E-state index contributed by atoms with van der Waals surface area (Å²) in [4.78, 5) is 23.9. The molecule has 0 aliphatic carbocycles. The minimum Gasteiger partial charge on any atom is -0.323 e. The lowest BCUT2D eigenvalue weighted by Gasteiger charge is -2.12. The first-order valence-corrected chi connectivity index (χ1v) is 13.7. The number of carbonyl (C=O) groups excluding carboxylic acids is 2. The van der Waals surface area contributed by atoms with Crippen molar-refractivity contribution in [1.29, 1.82) is 0 Å². The van der Waals surface area contributed by atoms with E-state index in [1.54, 1.807) is 50.5 Å². The molecule has 1 aromatic heterocycles. The zero-order valence-electron chi connectivity index (χ0n) is 20.9. The highest BCUT2D eigenvalue weighted by Gasteiger charge is 2.23. The maximum absolute atomic E-state index is 15.1. The Bertz CT molecular complexity index is 1590. The molecule has 3 aromatic carbocycles. The average molecular weight is 671 g/mol. The maximum atomic E-state index is 15.1. The van der Waals surface area contributed by atoms with E-state index in [2.05, 4.69) is 25.8 Å². The lowest BCUT2D eigenvalue weighted by molar-refractivity contribution is 0.102. The number of ketones is 1. The molecule has 0 amide bonds. The summed E-state index contributed by atoms with van der Waals surface area (Å²) < 4.78 is 47.8. The van der Waals surface area contributed by atoms with Gasteiger partial charge >= 0.3 is 0 Å². The Kier molecular flexibility index (Phi) is 11.3. The van der Waals surface area contributed by atoms with Crippen LogP contribution in [0.5, 0.6) is 0 Å². The Balaban J connectivity index is 0.000000371. The van der Waals surface area contributed by atoms with E-state index in [0.29, 0.717) is 36.8 Å². The molecular weight excluding hydrogens is 650 g/mol. The molecule has 2 N–H and O–H groups in total. The van der Waals surface area contributed by atoms with Crippen LogP contribution in [0.4, 0.5) is 18.9 Å². The van der Waals surface area contributed by atoms with E-state index < -0.39 is 28.8 Å². The maximum Gasteiger partial charge on any atom is 0.200 e. The molecule has 0 aliphatic rings. The molecule has 208 valence electrons. The molecule has 0 saturated carbocycles. The summed E-state index contributed by atoms with van der Waals surface area (Å²) in [5, 5.41) is 3.67. The van der Waals surface area contributed by atoms with Crippen LogP contribution in [0.1, 0.15) is 31.8 Å². The van der Waals surface area contributed by atoms with Gasteiger partial charge < -0.3 is 9.82 Å². The molecule has 40 heavy (non-hydrogen) atoms. The molecule has 0 bridgehead atoms. The lowest BCUT2D eigenvalue weighted by atomic mass is 10.00. The molecule has 4 rings (SSSR count). The minimum atomic E-state index is -1.02. The Labute approximate surface area is 251 Å². The van der Waals surface area contributed by atoms with E-state index in [0.717, 1.165) is 18.0 Å². The predicted octanol–water partition coefficient (Wildman–Crippen LogP) is 9.12. The standard InChI is InChI=1S/C21H17BrF3N3OS.C7H4Cl2O/c1-12-8-13(22)10-26-28(2)11-16(12)21(29)19-17(24)6-7-18(20(19)25)27-30-15-5-3-4-14(23)9-15;8-6-2-1-3-7(9)5(6)4-10/h3-11,26-27H,1-2H3;1-4H. The molecule has 12 heteroatoms. The van der Waals surface area contributed by atoms with Gasteiger partial charge in [0.25, 0.3) is 0 Å². The second kappa shape index (κ2) is 14.5. The zero-order valence-corrected chi connectivity index (χ0v) is 24.9. The van der Waals surface area contributed by atoms with Gasteiger partial charge in [-0.3, -0.25) is 14.3 Å². The number of aldehydes is 1. The summed E-state index contributed by atoms with van der Waals surface area (Å²) in [6.45, 7) is 1.68. The number of carbonyl (C=O) groups is 2. The van der Waals surface area contributed by atoms with Crippen LogP contribution in [-0.2, 0) is 7.05 Å². The fraction of sp³-hybridized carbons (Fsp3) is 0.0714. The number of aromatic nitrogens is 2. The first kappa shape index (κ1) is 31.3. The van der Waals surface area contributed by atoms with Gasteiger partial charge in [-0.25, -0.2) is 13.2 Å². The molecule has 0 unspecified atom stereocenters. The van der Waals surface area contributed by atoms with Crippen LogP contribution in [0.25, 0.3) is 0 Å². The topological polar surface area (TPSA) is 66.9 Å². The van der Waals surface area contributed by atoms with Crippen LogP contribution < -0.4 is 4.72 Å². The SMILES string of the molecule is Cc1cc(Br)c[nH]n(C)cc1C(=O)c1c(F)ccc(NSc2cccc(F)c2)c1F.O=Cc1c(Cl)cccc1Cl. The molecular formula is C28H21BrCl2F3N3O2S. The molecule has 0 fully saturated rings. The van der Waals surface area contributed by atoms with Gasteiger partial charge in [0.2, 0.25) is 5.78 Å². The fourth-order valence-electron chi connectivity index (χ4n) is 3.30. The van der Waals surface area contributed by atoms with Gasteiger partial charge in [-0.2, -0.15) is 0 Å². The summed E-state index contributed by atoms with van der Waals surface area (Å²) in [6, 6.07) is 14.5.